The molecule has 0 aliphatic rings. The number of hydrogen-bond acceptors (Lipinski definition) is 4. The fourth-order valence-electron chi connectivity index (χ4n) is 1.93. The second-order valence-corrected chi connectivity index (χ2v) is 4.84. The van der Waals surface area contributed by atoms with E-state index in [1.807, 2.05) is 30.5 Å². The minimum atomic E-state index is 0.430. The minimum Gasteiger partial charge on any atom is -0.315 e. The van der Waals surface area contributed by atoms with Crippen molar-refractivity contribution in [3.05, 3.63) is 36.2 Å². The molecule has 2 rings (SSSR count). The highest BCUT2D eigenvalue weighted by Crippen LogP contribution is 2.08. The van der Waals surface area contributed by atoms with Gasteiger partial charge in [0.2, 0.25) is 0 Å². The van der Waals surface area contributed by atoms with Crippen molar-refractivity contribution in [1.29, 1.82) is 0 Å². The van der Waals surface area contributed by atoms with Gasteiger partial charge in [0.1, 0.15) is 0 Å². The van der Waals surface area contributed by atoms with Crippen LogP contribution >= 0.6 is 0 Å². The molecule has 4 heteroatoms. The van der Waals surface area contributed by atoms with E-state index >= 15 is 0 Å². The zero-order chi connectivity index (χ0) is 13.5. The van der Waals surface area contributed by atoms with Gasteiger partial charge in [-0.2, -0.15) is 0 Å². The van der Waals surface area contributed by atoms with E-state index in [9.17, 15) is 0 Å². The van der Waals surface area contributed by atoms with Gasteiger partial charge in [-0.3, -0.25) is 4.98 Å². The zero-order valence-electron chi connectivity index (χ0n) is 11.7. The number of fused-ring (bicyclic) bond motifs is 1. The molecule has 19 heavy (non-hydrogen) atoms. The van der Waals surface area contributed by atoms with Crippen LogP contribution in [0.15, 0.2) is 30.5 Å². The van der Waals surface area contributed by atoms with Crippen LogP contribution in [0.5, 0.6) is 0 Å². The Kier molecular flexibility index (Phi) is 5.24. The SMILES string of the molecule is CCCNCC(C)NCc1cnc2ccccc2n1. The molecule has 1 heterocycles. The van der Waals surface area contributed by atoms with Crippen LogP contribution in [0.4, 0.5) is 0 Å². The largest absolute Gasteiger partial charge is 0.315 e. The summed E-state index contributed by atoms with van der Waals surface area (Å²) >= 11 is 0. The van der Waals surface area contributed by atoms with E-state index in [1.54, 1.807) is 0 Å². The molecule has 0 spiro atoms. The molecule has 102 valence electrons. The average Bonchev–Trinajstić information content (AvgIpc) is 2.45. The van der Waals surface area contributed by atoms with Crippen molar-refractivity contribution in [1.82, 2.24) is 20.6 Å². The Bertz CT molecular complexity index is 512. The highest BCUT2D eigenvalue weighted by atomic mass is 15.0. The third kappa shape index (κ3) is 4.26. The lowest BCUT2D eigenvalue weighted by molar-refractivity contribution is 0.498. The topological polar surface area (TPSA) is 49.8 Å². The number of aromatic nitrogens is 2. The number of nitrogens with one attached hydrogen (secondary N) is 2. The summed E-state index contributed by atoms with van der Waals surface area (Å²) in [5, 5.41) is 6.86. The van der Waals surface area contributed by atoms with E-state index in [2.05, 4.69) is 34.4 Å². The smallest absolute Gasteiger partial charge is 0.0890 e. The summed E-state index contributed by atoms with van der Waals surface area (Å²) < 4.78 is 0. The molecule has 0 aliphatic heterocycles. The number of rotatable bonds is 7. The molecular formula is C15H22N4. The van der Waals surface area contributed by atoms with Gasteiger partial charge in [0.25, 0.3) is 0 Å². The first-order valence-electron chi connectivity index (χ1n) is 6.94. The Hall–Kier alpha value is -1.52. The fraction of sp³-hybridized carbons (Fsp3) is 0.467. The molecule has 0 radical (unpaired) electrons. The fourth-order valence-corrected chi connectivity index (χ4v) is 1.93. The van der Waals surface area contributed by atoms with E-state index in [-0.39, 0.29) is 0 Å². The lowest BCUT2D eigenvalue weighted by Gasteiger charge is -2.14. The maximum atomic E-state index is 4.60. The monoisotopic (exact) mass is 258 g/mol. The van der Waals surface area contributed by atoms with Crippen molar-refractivity contribution >= 4 is 11.0 Å². The molecule has 0 saturated heterocycles. The van der Waals surface area contributed by atoms with E-state index in [1.165, 1.54) is 6.42 Å². The first kappa shape index (κ1) is 13.9. The van der Waals surface area contributed by atoms with E-state index < -0.39 is 0 Å². The molecule has 0 saturated carbocycles. The van der Waals surface area contributed by atoms with Gasteiger partial charge < -0.3 is 10.6 Å². The summed E-state index contributed by atoms with van der Waals surface area (Å²) in [5.74, 6) is 0. The zero-order valence-corrected chi connectivity index (χ0v) is 11.7. The Morgan fingerprint density at radius 2 is 2.00 bits per heavy atom. The Morgan fingerprint density at radius 3 is 2.79 bits per heavy atom. The first-order valence-corrected chi connectivity index (χ1v) is 6.94. The second-order valence-electron chi connectivity index (χ2n) is 4.84. The number of para-hydroxylation sites is 2. The number of nitrogens with zero attached hydrogens (tertiary/aromatic N) is 2. The molecule has 2 aromatic rings. The molecule has 0 bridgehead atoms. The van der Waals surface area contributed by atoms with Gasteiger partial charge in [-0.15, -0.1) is 0 Å². The minimum absolute atomic E-state index is 0.430. The number of hydrogen-bond donors (Lipinski definition) is 2. The van der Waals surface area contributed by atoms with Crippen molar-refractivity contribution in [3.63, 3.8) is 0 Å². The predicted octanol–water partition coefficient (Wildman–Crippen LogP) is 2.11. The van der Waals surface area contributed by atoms with Crippen LogP contribution in [0.25, 0.3) is 11.0 Å². The molecule has 1 aromatic carbocycles. The molecule has 2 N–H and O–H groups in total. The van der Waals surface area contributed by atoms with Crippen LogP contribution in [0.3, 0.4) is 0 Å². The molecule has 1 atom stereocenters. The van der Waals surface area contributed by atoms with Gasteiger partial charge in [0, 0.05) is 19.1 Å². The van der Waals surface area contributed by atoms with E-state index in [4.69, 9.17) is 0 Å². The third-order valence-corrected chi connectivity index (χ3v) is 3.01. The maximum Gasteiger partial charge on any atom is 0.0890 e. The number of benzene rings is 1. The van der Waals surface area contributed by atoms with Crippen molar-refractivity contribution in [2.75, 3.05) is 13.1 Å². The third-order valence-electron chi connectivity index (χ3n) is 3.01. The lowest BCUT2D eigenvalue weighted by atomic mass is 10.3. The van der Waals surface area contributed by atoms with Crippen LogP contribution < -0.4 is 10.6 Å². The van der Waals surface area contributed by atoms with E-state index in [0.29, 0.717) is 6.04 Å². The molecule has 1 unspecified atom stereocenters. The van der Waals surface area contributed by atoms with Gasteiger partial charge in [0.15, 0.2) is 0 Å². The maximum absolute atomic E-state index is 4.60. The van der Waals surface area contributed by atoms with Crippen LogP contribution in [0.2, 0.25) is 0 Å². The predicted molar refractivity (Wildman–Crippen MR) is 79.0 cm³/mol. The summed E-state index contributed by atoms with van der Waals surface area (Å²) in [7, 11) is 0. The van der Waals surface area contributed by atoms with Crippen molar-refractivity contribution in [3.8, 4) is 0 Å². The lowest BCUT2D eigenvalue weighted by Crippen LogP contribution is -2.36. The Balaban J connectivity index is 1.87. The van der Waals surface area contributed by atoms with Crippen molar-refractivity contribution in [2.24, 2.45) is 0 Å². The Morgan fingerprint density at radius 1 is 1.21 bits per heavy atom. The quantitative estimate of drug-likeness (QED) is 0.747. The van der Waals surface area contributed by atoms with Gasteiger partial charge in [-0.1, -0.05) is 19.1 Å². The summed E-state index contributed by atoms with van der Waals surface area (Å²) in [4.78, 5) is 9.01. The molecule has 4 nitrogen and oxygen atoms in total. The van der Waals surface area contributed by atoms with Crippen LogP contribution in [-0.4, -0.2) is 29.1 Å². The molecule has 0 aliphatic carbocycles. The Labute approximate surface area is 114 Å². The van der Waals surface area contributed by atoms with E-state index in [0.717, 1.165) is 36.4 Å². The highest BCUT2D eigenvalue weighted by Gasteiger charge is 2.03. The van der Waals surface area contributed by atoms with Crippen LogP contribution in [-0.2, 0) is 6.54 Å². The summed E-state index contributed by atoms with van der Waals surface area (Å²) in [6.45, 7) is 7.16. The molecule has 1 aromatic heterocycles. The molecular weight excluding hydrogens is 236 g/mol. The highest BCUT2D eigenvalue weighted by molar-refractivity contribution is 5.73. The second kappa shape index (κ2) is 7.16. The van der Waals surface area contributed by atoms with Crippen molar-refractivity contribution < 1.29 is 0 Å². The van der Waals surface area contributed by atoms with Crippen LogP contribution in [0, 0.1) is 0 Å². The normalized spacial score (nSPS) is 12.7. The van der Waals surface area contributed by atoms with Gasteiger partial charge >= 0.3 is 0 Å². The van der Waals surface area contributed by atoms with Gasteiger partial charge in [0.05, 0.1) is 22.9 Å². The summed E-state index contributed by atoms with van der Waals surface area (Å²) in [6.07, 6.45) is 3.02. The van der Waals surface area contributed by atoms with Crippen molar-refractivity contribution in [2.45, 2.75) is 32.9 Å². The summed E-state index contributed by atoms with van der Waals surface area (Å²) in [5.41, 5.74) is 2.89. The molecule has 0 fully saturated rings. The first-order chi connectivity index (χ1) is 9.29. The molecule has 0 amide bonds. The standard InChI is InChI=1S/C15H22N4/c1-3-8-16-9-12(2)17-10-13-11-18-14-6-4-5-7-15(14)19-13/h4-7,11-12,16-17H,3,8-10H2,1-2H3. The van der Waals surface area contributed by atoms with Crippen LogP contribution in [0.1, 0.15) is 26.0 Å². The van der Waals surface area contributed by atoms with Gasteiger partial charge in [-0.25, -0.2) is 4.98 Å². The average molecular weight is 258 g/mol. The van der Waals surface area contributed by atoms with Gasteiger partial charge in [-0.05, 0) is 32.0 Å². The summed E-state index contributed by atoms with van der Waals surface area (Å²) in [6, 6.07) is 8.39.